The van der Waals surface area contributed by atoms with Gasteiger partial charge in [-0.3, -0.25) is 14.9 Å². The summed E-state index contributed by atoms with van der Waals surface area (Å²) in [6.07, 6.45) is 1.63. The molecule has 0 radical (unpaired) electrons. The van der Waals surface area contributed by atoms with Crippen molar-refractivity contribution >= 4 is 45.7 Å². The Hall–Kier alpha value is -1.86. The van der Waals surface area contributed by atoms with Crippen LogP contribution < -0.4 is 10.6 Å². The summed E-state index contributed by atoms with van der Waals surface area (Å²) in [7, 11) is 0. The lowest BCUT2D eigenvalue weighted by molar-refractivity contribution is -0.115. The fourth-order valence-corrected chi connectivity index (χ4v) is 3.26. The third-order valence-corrected chi connectivity index (χ3v) is 4.69. The molecular weight excluding hydrogens is 294 g/mol. The number of thiazole rings is 1. The number of anilines is 2. The van der Waals surface area contributed by atoms with E-state index in [1.165, 1.54) is 23.1 Å². The van der Waals surface area contributed by atoms with E-state index in [1.807, 2.05) is 13.0 Å². The fourth-order valence-electron chi connectivity index (χ4n) is 1.80. The third-order valence-electron chi connectivity index (χ3n) is 2.83. The van der Waals surface area contributed by atoms with Crippen LogP contribution in [0.2, 0.25) is 0 Å². The summed E-state index contributed by atoms with van der Waals surface area (Å²) in [5.41, 5.74) is 1.18. The fraction of sp³-hybridized carbons (Fsp3) is 0.154. The summed E-state index contributed by atoms with van der Waals surface area (Å²) >= 11 is 2.85. The molecule has 1 aromatic heterocycles. The molecule has 102 valence electrons. The minimum Gasteiger partial charge on any atom is -0.324 e. The highest BCUT2D eigenvalue weighted by Crippen LogP contribution is 2.36. The van der Waals surface area contributed by atoms with Crippen molar-refractivity contribution in [1.29, 1.82) is 0 Å². The van der Waals surface area contributed by atoms with Crippen molar-refractivity contribution < 1.29 is 9.59 Å². The highest BCUT2D eigenvalue weighted by molar-refractivity contribution is 8.00. The van der Waals surface area contributed by atoms with E-state index in [0.717, 1.165) is 4.90 Å². The van der Waals surface area contributed by atoms with Gasteiger partial charge in [-0.05, 0) is 25.1 Å². The Labute approximate surface area is 123 Å². The smallest absolute Gasteiger partial charge is 0.257 e. The number of hydrogen-bond donors (Lipinski definition) is 2. The van der Waals surface area contributed by atoms with Crippen LogP contribution in [-0.4, -0.2) is 22.0 Å². The third kappa shape index (κ3) is 2.54. The van der Waals surface area contributed by atoms with E-state index < -0.39 is 0 Å². The molecule has 1 aliphatic heterocycles. The van der Waals surface area contributed by atoms with E-state index in [-0.39, 0.29) is 17.1 Å². The zero-order valence-corrected chi connectivity index (χ0v) is 12.2. The lowest BCUT2D eigenvalue weighted by Gasteiger charge is -2.21. The Kier molecular flexibility index (Phi) is 3.45. The van der Waals surface area contributed by atoms with Gasteiger partial charge in [-0.2, -0.15) is 0 Å². The molecule has 2 amide bonds. The van der Waals surface area contributed by atoms with Crippen LogP contribution in [0.25, 0.3) is 0 Å². The van der Waals surface area contributed by atoms with Gasteiger partial charge in [0.25, 0.3) is 5.91 Å². The second-order valence-electron chi connectivity index (χ2n) is 4.25. The molecule has 0 fully saturated rings. The molecule has 2 N–H and O–H groups in total. The number of rotatable bonds is 2. The zero-order chi connectivity index (χ0) is 14.1. The number of hydrogen-bond acceptors (Lipinski definition) is 5. The number of nitrogens with zero attached hydrogens (tertiary/aromatic N) is 1. The Balaban J connectivity index is 1.83. The minimum absolute atomic E-state index is 0.0417. The first kappa shape index (κ1) is 13.1. The van der Waals surface area contributed by atoms with Gasteiger partial charge in [0.2, 0.25) is 5.91 Å². The predicted octanol–water partition coefficient (Wildman–Crippen LogP) is 2.83. The SMILES string of the molecule is C[C@H]1Sc2ccc(C(=O)Nc3nccs3)cc2NC1=O. The molecule has 3 rings (SSSR count). The van der Waals surface area contributed by atoms with Crippen LogP contribution in [0, 0.1) is 0 Å². The molecule has 0 saturated heterocycles. The Morgan fingerprint density at radius 3 is 3.05 bits per heavy atom. The zero-order valence-electron chi connectivity index (χ0n) is 10.5. The predicted molar refractivity (Wildman–Crippen MR) is 80.5 cm³/mol. The van der Waals surface area contributed by atoms with Crippen LogP contribution in [0.3, 0.4) is 0 Å². The maximum absolute atomic E-state index is 12.1. The molecular formula is C13H11N3O2S2. The molecule has 5 nitrogen and oxygen atoms in total. The highest BCUT2D eigenvalue weighted by atomic mass is 32.2. The molecule has 20 heavy (non-hydrogen) atoms. The van der Waals surface area contributed by atoms with Crippen LogP contribution >= 0.6 is 23.1 Å². The van der Waals surface area contributed by atoms with E-state index in [0.29, 0.717) is 16.4 Å². The van der Waals surface area contributed by atoms with Gasteiger partial charge in [0.05, 0.1) is 10.9 Å². The maximum atomic E-state index is 12.1. The number of amides is 2. The van der Waals surface area contributed by atoms with Gasteiger partial charge in [0, 0.05) is 22.0 Å². The first-order valence-electron chi connectivity index (χ1n) is 5.96. The van der Waals surface area contributed by atoms with Crippen molar-refractivity contribution in [2.75, 3.05) is 10.6 Å². The maximum Gasteiger partial charge on any atom is 0.257 e. The quantitative estimate of drug-likeness (QED) is 0.895. The van der Waals surface area contributed by atoms with Crippen molar-refractivity contribution in [3.8, 4) is 0 Å². The van der Waals surface area contributed by atoms with Gasteiger partial charge in [-0.25, -0.2) is 4.98 Å². The molecule has 0 aliphatic carbocycles. The van der Waals surface area contributed by atoms with Gasteiger partial charge in [-0.1, -0.05) is 0 Å². The number of nitrogens with one attached hydrogen (secondary N) is 2. The molecule has 2 aromatic rings. The summed E-state index contributed by atoms with van der Waals surface area (Å²) in [5.74, 6) is -0.277. The second kappa shape index (κ2) is 5.26. The van der Waals surface area contributed by atoms with Crippen molar-refractivity contribution in [2.45, 2.75) is 17.1 Å². The highest BCUT2D eigenvalue weighted by Gasteiger charge is 2.23. The molecule has 0 unspecified atom stereocenters. The second-order valence-corrected chi connectivity index (χ2v) is 6.53. The van der Waals surface area contributed by atoms with Gasteiger partial charge in [0.15, 0.2) is 5.13 Å². The average molecular weight is 305 g/mol. The van der Waals surface area contributed by atoms with Crippen LogP contribution in [0.5, 0.6) is 0 Å². The molecule has 0 spiro atoms. The lowest BCUT2D eigenvalue weighted by atomic mass is 10.2. The Bertz CT molecular complexity index is 670. The first-order valence-corrected chi connectivity index (χ1v) is 7.72. The molecule has 7 heteroatoms. The number of fused-ring (bicyclic) bond motifs is 1. The van der Waals surface area contributed by atoms with Crippen molar-refractivity contribution in [1.82, 2.24) is 4.98 Å². The Morgan fingerprint density at radius 2 is 2.30 bits per heavy atom. The van der Waals surface area contributed by atoms with E-state index in [4.69, 9.17) is 0 Å². The van der Waals surface area contributed by atoms with Gasteiger partial charge < -0.3 is 5.32 Å². The van der Waals surface area contributed by atoms with E-state index in [2.05, 4.69) is 15.6 Å². The topological polar surface area (TPSA) is 71.1 Å². The standard InChI is InChI=1S/C13H11N3O2S2/c1-7-11(17)15-9-6-8(2-3-10(9)20-7)12(18)16-13-14-4-5-19-13/h2-7H,1H3,(H,15,17)(H,14,16,18)/t7-/m1/s1. The summed E-state index contributed by atoms with van der Waals surface area (Å²) < 4.78 is 0. The van der Waals surface area contributed by atoms with Crippen LogP contribution in [0.1, 0.15) is 17.3 Å². The van der Waals surface area contributed by atoms with Crippen molar-refractivity contribution in [2.24, 2.45) is 0 Å². The molecule has 1 aromatic carbocycles. The number of carbonyl (C=O) groups excluding carboxylic acids is 2. The number of thioether (sulfide) groups is 1. The number of carbonyl (C=O) groups is 2. The molecule has 1 atom stereocenters. The summed E-state index contributed by atoms with van der Waals surface area (Å²) in [6.45, 7) is 1.85. The minimum atomic E-state index is -0.236. The molecule has 2 heterocycles. The van der Waals surface area contributed by atoms with Crippen molar-refractivity contribution in [3.63, 3.8) is 0 Å². The van der Waals surface area contributed by atoms with Gasteiger partial charge in [-0.15, -0.1) is 23.1 Å². The van der Waals surface area contributed by atoms with Gasteiger partial charge >= 0.3 is 0 Å². The summed E-state index contributed by atoms with van der Waals surface area (Å²) in [4.78, 5) is 28.7. The van der Waals surface area contributed by atoms with Crippen LogP contribution in [0.4, 0.5) is 10.8 Å². The van der Waals surface area contributed by atoms with Crippen LogP contribution in [0.15, 0.2) is 34.7 Å². The number of benzene rings is 1. The Morgan fingerprint density at radius 1 is 1.45 bits per heavy atom. The number of aromatic nitrogens is 1. The largest absolute Gasteiger partial charge is 0.324 e. The molecule has 1 aliphatic rings. The molecule has 0 saturated carbocycles. The molecule has 0 bridgehead atoms. The summed E-state index contributed by atoms with van der Waals surface area (Å²) in [5, 5.41) is 7.76. The van der Waals surface area contributed by atoms with E-state index in [1.54, 1.807) is 23.7 Å². The van der Waals surface area contributed by atoms with E-state index >= 15 is 0 Å². The van der Waals surface area contributed by atoms with Crippen LogP contribution in [-0.2, 0) is 4.79 Å². The first-order chi connectivity index (χ1) is 9.63. The normalized spacial score (nSPS) is 17.2. The average Bonchev–Trinajstić information content (AvgIpc) is 2.92. The summed E-state index contributed by atoms with van der Waals surface area (Å²) in [6, 6.07) is 5.29. The van der Waals surface area contributed by atoms with E-state index in [9.17, 15) is 9.59 Å². The van der Waals surface area contributed by atoms with Crippen molar-refractivity contribution in [3.05, 3.63) is 35.3 Å². The van der Waals surface area contributed by atoms with Gasteiger partial charge in [0.1, 0.15) is 0 Å². The monoisotopic (exact) mass is 305 g/mol. The lowest BCUT2D eigenvalue weighted by Crippen LogP contribution is -2.26.